The van der Waals surface area contributed by atoms with Crippen LogP contribution in [0.4, 0.5) is 0 Å². The van der Waals surface area contributed by atoms with Gasteiger partial charge in [-0.05, 0) is 56.6 Å². The molecule has 3 N–H and O–H groups in total. The van der Waals surface area contributed by atoms with Crippen LogP contribution in [-0.2, 0) is 9.59 Å². The molecule has 0 spiro atoms. The number of amides is 2. The van der Waals surface area contributed by atoms with Crippen molar-refractivity contribution in [3.05, 3.63) is 29.3 Å². The van der Waals surface area contributed by atoms with Gasteiger partial charge in [0.15, 0.2) is 5.60 Å². The zero-order valence-electron chi connectivity index (χ0n) is 14.1. The van der Waals surface area contributed by atoms with Gasteiger partial charge in [-0.2, -0.15) is 0 Å². The summed E-state index contributed by atoms with van der Waals surface area (Å²) in [6.07, 6.45) is 3.61. The van der Waals surface area contributed by atoms with Gasteiger partial charge >= 0.3 is 0 Å². The van der Waals surface area contributed by atoms with E-state index in [2.05, 4.69) is 16.0 Å². The molecule has 0 bridgehead atoms. The van der Waals surface area contributed by atoms with Crippen molar-refractivity contribution in [3.8, 4) is 5.75 Å². The van der Waals surface area contributed by atoms with Crippen LogP contribution in [0.2, 0.25) is 5.02 Å². The van der Waals surface area contributed by atoms with E-state index in [9.17, 15) is 9.59 Å². The van der Waals surface area contributed by atoms with E-state index in [4.69, 9.17) is 16.3 Å². The number of rotatable bonds is 4. The molecule has 3 rings (SSSR count). The minimum Gasteiger partial charge on any atom is -0.477 e. The first-order valence-corrected chi connectivity index (χ1v) is 9.21. The van der Waals surface area contributed by atoms with Crippen molar-refractivity contribution in [2.75, 3.05) is 19.6 Å². The van der Waals surface area contributed by atoms with Crippen LogP contribution in [0.25, 0.3) is 0 Å². The fraction of sp³-hybridized carbons (Fsp3) is 0.556. The minimum absolute atomic E-state index is 0.110. The molecule has 2 aliphatic rings. The van der Waals surface area contributed by atoms with E-state index >= 15 is 0 Å². The molecule has 2 heterocycles. The van der Waals surface area contributed by atoms with Crippen LogP contribution in [0.1, 0.15) is 32.1 Å². The fourth-order valence-corrected chi connectivity index (χ4v) is 3.43. The zero-order chi connectivity index (χ0) is 17.7. The molecule has 136 valence electrons. The smallest absolute Gasteiger partial charge is 0.264 e. The Hall–Kier alpha value is -1.79. The summed E-state index contributed by atoms with van der Waals surface area (Å²) >= 11 is 5.92. The summed E-state index contributed by atoms with van der Waals surface area (Å²) in [4.78, 5) is 25.2. The summed E-state index contributed by atoms with van der Waals surface area (Å²) in [7, 11) is 0. The molecule has 2 aliphatic heterocycles. The molecule has 2 amide bonds. The van der Waals surface area contributed by atoms with Crippen molar-refractivity contribution in [1.29, 1.82) is 0 Å². The first-order chi connectivity index (χ1) is 12.1. The van der Waals surface area contributed by atoms with Crippen LogP contribution in [0.5, 0.6) is 5.75 Å². The van der Waals surface area contributed by atoms with Crippen molar-refractivity contribution in [2.24, 2.45) is 0 Å². The summed E-state index contributed by atoms with van der Waals surface area (Å²) < 4.78 is 6.13. The molecule has 6 nitrogen and oxygen atoms in total. The van der Waals surface area contributed by atoms with E-state index in [0.717, 1.165) is 12.8 Å². The summed E-state index contributed by atoms with van der Waals surface area (Å²) in [6, 6.07) is 6.51. The predicted molar refractivity (Wildman–Crippen MR) is 95.7 cm³/mol. The molecular weight excluding hydrogens is 342 g/mol. The van der Waals surface area contributed by atoms with Crippen LogP contribution < -0.4 is 20.7 Å². The maximum Gasteiger partial charge on any atom is 0.264 e. The lowest BCUT2D eigenvalue weighted by Crippen LogP contribution is -2.60. The van der Waals surface area contributed by atoms with Crippen LogP contribution in [-0.4, -0.2) is 43.1 Å². The fourth-order valence-electron chi connectivity index (χ4n) is 3.30. The second kappa shape index (κ2) is 8.06. The van der Waals surface area contributed by atoms with Crippen LogP contribution in [0.15, 0.2) is 24.3 Å². The molecule has 0 aromatic heterocycles. The Kier molecular flexibility index (Phi) is 5.81. The third-order valence-electron chi connectivity index (χ3n) is 4.79. The molecule has 25 heavy (non-hydrogen) atoms. The van der Waals surface area contributed by atoms with Crippen molar-refractivity contribution in [2.45, 2.75) is 43.7 Å². The Bertz CT molecular complexity index is 614. The number of hydrogen-bond acceptors (Lipinski definition) is 4. The molecule has 0 aliphatic carbocycles. The van der Waals surface area contributed by atoms with Gasteiger partial charge < -0.3 is 20.7 Å². The summed E-state index contributed by atoms with van der Waals surface area (Å²) in [5.41, 5.74) is -0.967. The van der Waals surface area contributed by atoms with E-state index < -0.39 is 11.6 Å². The highest BCUT2D eigenvalue weighted by Crippen LogP contribution is 2.28. The molecule has 7 heteroatoms. The van der Waals surface area contributed by atoms with E-state index in [1.54, 1.807) is 24.3 Å². The normalized spacial score (nSPS) is 23.2. The first-order valence-electron chi connectivity index (χ1n) is 8.83. The number of carbonyl (C=O) groups is 2. The standard InChI is InChI=1S/C18H24ClN3O3/c19-13-4-6-14(7-5-13)25-18(8-11-20-12-9-18)17(24)22-15-3-1-2-10-21-16(15)23/h4-7,15,20H,1-3,8-12H2,(H,21,23)(H,22,24)/t15-/m0/s1. The van der Waals surface area contributed by atoms with Gasteiger partial charge in [-0.1, -0.05) is 11.6 Å². The molecule has 2 fully saturated rings. The first kappa shape index (κ1) is 18.0. The van der Waals surface area contributed by atoms with Gasteiger partial charge in [-0.3, -0.25) is 9.59 Å². The lowest BCUT2D eigenvalue weighted by Gasteiger charge is -2.37. The topological polar surface area (TPSA) is 79.5 Å². The lowest BCUT2D eigenvalue weighted by atomic mass is 9.90. The average Bonchev–Trinajstić information content (AvgIpc) is 2.82. The summed E-state index contributed by atoms with van der Waals surface area (Å²) in [6.45, 7) is 2.05. The Labute approximate surface area is 152 Å². The van der Waals surface area contributed by atoms with Gasteiger partial charge in [0.25, 0.3) is 5.91 Å². The van der Waals surface area contributed by atoms with Crippen molar-refractivity contribution in [3.63, 3.8) is 0 Å². The average molecular weight is 366 g/mol. The van der Waals surface area contributed by atoms with E-state index in [1.165, 1.54) is 0 Å². The van der Waals surface area contributed by atoms with Gasteiger partial charge in [0.2, 0.25) is 5.91 Å². The Morgan fingerprint density at radius 2 is 1.88 bits per heavy atom. The summed E-state index contributed by atoms with van der Waals surface area (Å²) in [5.74, 6) is 0.277. The second-order valence-corrected chi connectivity index (χ2v) is 7.05. The number of carbonyl (C=O) groups excluding carboxylic acids is 2. The Morgan fingerprint density at radius 3 is 2.60 bits per heavy atom. The molecule has 2 saturated heterocycles. The highest BCUT2D eigenvalue weighted by molar-refractivity contribution is 6.30. The third-order valence-corrected chi connectivity index (χ3v) is 5.04. The molecule has 1 aromatic carbocycles. The molecule has 0 radical (unpaired) electrons. The molecule has 0 unspecified atom stereocenters. The van der Waals surface area contributed by atoms with E-state index in [0.29, 0.717) is 49.7 Å². The van der Waals surface area contributed by atoms with Crippen LogP contribution in [0.3, 0.4) is 0 Å². The predicted octanol–water partition coefficient (Wildman–Crippen LogP) is 1.63. The number of ether oxygens (including phenoxy) is 1. The number of nitrogens with one attached hydrogen (secondary N) is 3. The van der Waals surface area contributed by atoms with E-state index in [1.807, 2.05) is 0 Å². The number of hydrogen-bond donors (Lipinski definition) is 3. The lowest BCUT2D eigenvalue weighted by molar-refractivity contribution is -0.142. The molecule has 1 aromatic rings. The van der Waals surface area contributed by atoms with Crippen molar-refractivity contribution < 1.29 is 14.3 Å². The van der Waals surface area contributed by atoms with Gasteiger partial charge in [-0.15, -0.1) is 0 Å². The number of benzene rings is 1. The number of piperidine rings is 1. The highest BCUT2D eigenvalue weighted by atomic mass is 35.5. The quantitative estimate of drug-likeness (QED) is 0.757. The Balaban J connectivity index is 1.75. The van der Waals surface area contributed by atoms with Gasteiger partial charge in [0.05, 0.1) is 0 Å². The third kappa shape index (κ3) is 4.44. The molecule has 0 saturated carbocycles. The van der Waals surface area contributed by atoms with E-state index in [-0.39, 0.29) is 11.8 Å². The van der Waals surface area contributed by atoms with Crippen LogP contribution in [0, 0.1) is 0 Å². The number of halogens is 1. The van der Waals surface area contributed by atoms with Crippen LogP contribution >= 0.6 is 11.6 Å². The van der Waals surface area contributed by atoms with Gasteiger partial charge in [-0.25, -0.2) is 0 Å². The second-order valence-electron chi connectivity index (χ2n) is 6.61. The van der Waals surface area contributed by atoms with Gasteiger partial charge in [0, 0.05) is 24.4 Å². The Morgan fingerprint density at radius 1 is 1.16 bits per heavy atom. The van der Waals surface area contributed by atoms with Crippen molar-refractivity contribution >= 4 is 23.4 Å². The maximum atomic E-state index is 13.0. The van der Waals surface area contributed by atoms with Gasteiger partial charge in [0.1, 0.15) is 11.8 Å². The molecule has 1 atom stereocenters. The zero-order valence-corrected chi connectivity index (χ0v) is 14.9. The maximum absolute atomic E-state index is 13.0. The SMILES string of the molecule is O=C1NCCCC[C@@H]1NC(=O)C1(Oc2ccc(Cl)cc2)CCNCC1. The summed E-state index contributed by atoms with van der Waals surface area (Å²) in [5, 5.41) is 9.64. The molecular formula is C18H24ClN3O3. The van der Waals surface area contributed by atoms with Crippen molar-refractivity contribution in [1.82, 2.24) is 16.0 Å². The monoisotopic (exact) mass is 365 g/mol. The highest BCUT2D eigenvalue weighted by Gasteiger charge is 2.43. The largest absolute Gasteiger partial charge is 0.477 e. The minimum atomic E-state index is -0.967.